The van der Waals surface area contributed by atoms with E-state index >= 15 is 0 Å². The zero-order valence-corrected chi connectivity index (χ0v) is 13.8. The number of hydrogen-bond donors (Lipinski definition) is 2. The maximum absolute atomic E-state index is 12.6. The first-order chi connectivity index (χ1) is 10.7. The molecule has 4 nitrogen and oxygen atoms in total. The van der Waals surface area contributed by atoms with Gasteiger partial charge in [0.1, 0.15) is 5.75 Å². The lowest BCUT2D eigenvalue weighted by molar-refractivity contribution is -0.135. The average molecular weight is 364 g/mol. The van der Waals surface area contributed by atoms with Gasteiger partial charge in [0.15, 0.2) is 11.9 Å². The number of Topliss-reactive ketones (excluding diaryl/α,β-unsaturated/α-hetero) is 1. The van der Waals surface area contributed by atoms with Crippen molar-refractivity contribution in [2.45, 2.75) is 49.9 Å². The molecule has 1 spiro atoms. The first-order valence-corrected chi connectivity index (χ1v) is 8.84. The van der Waals surface area contributed by atoms with Crippen LogP contribution >= 0.6 is 15.9 Å². The number of hydrogen-bond acceptors (Lipinski definition) is 4. The number of piperidine rings is 1. The van der Waals surface area contributed by atoms with Gasteiger partial charge in [-0.1, -0.05) is 15.9 Å². The number of ketones is 1. The van der Waals surface area contributed by atoms with Crippen molar-refractivity contribution in [3.8, 4) is 5.75 Å². The Kier molecular flexibility index (Phi) is 2.67. The molecule has 1 aromatic carbocycles. The maximum Gasteiger partial charge on any atom is 0.174 e. The maximum atomic E-state index is 12.6. The molecular weight excluding hydrogens is 346 g/mol. The van der Waals surface area contributed by atoms with Gasteiger partial charge in [0.05, 0.1) is 6.61 Å². The minimum Gasteiger partial charge on any atom is -0.481 e. The van der Waals surface area contributed by atoms with Gasteiger partial charge in [-0.3, -0.25) is 4.79 Å². The molecule has 1 saturated heterocycles. The van der Waals surface area contributed by atoms with E-state index in [9.17, 15) is 9.90 Å². The minimum atomic E-state index is -0.343. The van der Waals surface area contributed by atoms with E-state index < -0.39 is 0 Å². The lowest BCUT2D eigenvalue weighted by Crippen LogP contribution is -2.65. The van der Waals surface area contributed by atoms with Crippen LogP contribution < -0.4 is 10.1 Å². The zero-order chi connectivity index (χ0) is 15.1. The number of benzene rings is 1. The van der Waals surface area contributed by atoms with E-state index in [1.807, 2.05) is 6.07 Å². The average Bonchev–Trinajstić information content (AvgIpc) is 2.84. The Bertz CT molecular complexity index is 704. The van der Waals surface area contributed by atoms with Gasteiger partial charge in [-0.05, 0) is 43.4 Å². The van der Waals surface area contributed by atoms with Crippen molar-refractivity contribution in [3.63, 3.8) is 0 Å². The van der Waals surface area contributed by atoms with Gasteiger partial charge in [-0.2, -0.15) is 0 Å². The monoisotopic (exact) mass is 363 g/mol. The van der Waals surface area contributed by atoms with Gasteiger partial charge >= 0.3 is 0 Å². The second-order valence-corrected chi connectivity index (χ2v) is 7.88. The molecule has 2 N–H and O–H groups in total. The van der Waals surface area contributed by atoms with Crippen LogP contribution in [-0.4, -0.2) is 29.6 Å². The summed E-state index contributed by atoms with van der Waals surface area (Å²) < 4.78 is 7.26. The second kappa shape index (κ2) is 4.34. The van der Waals surface area contributed by atoms with Crippen molar-refractivity contribution in [2.75, 3.05) is 6.54 Å². The Morgan fingerprint density at radius 3 is 3.18 bits per heavy atom. The summed E-state index contributed by atoms with van der Waals surface area (Å²) in [4.78, 5) is 12.6. The van der Waals surface area contributed by atoms with Crippen molar-refractivity contribution in [2.24, 2.45) is 5.92 Å². The molecule has 0 aromatic heterocycles. The molecule has 2 aliphatic carbocycles. The highest BCUT2D eigenvalue weighted by Crippen LogP contribution is 2.61. The first-order valence-electron chi connectivity index (χ1n) is 8.05. The number of nitrogens with one attached hydrogen (secondary N) is 1. The van der Waals surface area contributed by atoms with Crippen molar-refractivity contribution in [3.05, 3.63) is 27.2 Å². The summed E-state index contributed by atoms with van der Waals surface area (Å²) >= 11 is 3.68. The Hall–Kier alpha value is -0.910. The molecule has 5 rings (SSSR count). The van der Waals surface area contributed by atoms with E-state index in [2.05, 4.69) is 21.2 Å². The van der Waals surface area contributed by atoms with Gasteiger partial charge in [-0.25, -0.2) is 0 Å². The summed E-state index contributed by atoms with van der Waals surface area (Å²) in [6, 6.07) is 2.39. The topological polar surface area (TPSA) is 58.6 Å². The molecule has 2 bridgehead atoms. The quantitative estimate of drug-likeness (QED) is 0.799. The Balaban J connectivity index is 1.85. The van der Waals surface area contributed by atoms with Gasteiger partial charge in [0.2, 0.25) is 0 Å². The van der Waals surface area contributed by atoms with Crippen LogP contribution in [0, 0.1) is 5.92 Å². The van der Waals surface area contributed by atoms with Crippen LogP contribution in [0.15, 0.2) is 10.5 Å². The third-order valence-electron chi connectivity index (χ3n) is 6.26. The van der Waals surface area contributed by atoms with E-state index in [1.165, 1.54) is 11.1 Å². The highest BCUT2D eigenvalue weighted by atomic mass is 79.9. The molecule has 1 saturated carbocycles. The lowest BCUT2D eigenvalue weighted by Gasteiger charge is -2.54. The van der Waals surface area contributed by atoms with Gasteiger partial charge in [0.25, 0.3) is 0 Å². The summed E-state index contributed by atoms with van der Waals surface area (Å²) in [6.45, 7) is 0.888. The fourth-order valence-corrected chi connectivity index (χ4v) is 6.12. The first kappa shape index (κ1) is 13.5. The number of aliphatic hydroxyl groups excluding tert-OH is 1. The van der Waals surface area contributed by atoms with Crippen LogP contribution in [0.3, 0.4) is 0 Å². The highest BCUT2D eigenvalue weighted by Gasteiger charge is 2.64. The minimum absolute atomic E-state index is 0.0510. The summed E-state index contributed by atoms with van der Waals surface area (Å²) in [5.74, 6) is 1.51. The van der Waals surface area contributed by atoms with Gasteiger partial charge < -0.3 is 15.2 Å². The molecule has 22 heavy (non-hydrogen) atoms. The number of carbonyl (C=O) groups excluding carboxylic acids is 1. The number of halogens is 1. The molecule has 0 radical (unpaired) electrons. The fourth-order valence-electron chi connectivity index (χ4n) is 5.48. The largest absolute Gasteiger partial charge is 0.481 e. The number of ether oxygens (including phenoxy) is 1. The van der Waals surface area contributed by atoms with E-state index in [4.69, 9.17) is 4.74 Å². The molecule has 2 fully saturated rings. The standard InChI is InChI=1S/C17H18BrNO3/c18-11-5-8(7-20)15-14-9(11)6-12-10-1-2-13(21)16(22-15)17(10,14)3-4-19-12/h5,10,12,16,19-20H,1-4,6-7H2. The van der Waals surface area contributed by atoms with Crippen molar-refractivity contribution in [1.29, 1.82) is 0 Å². The fraction of sp³-hybridized carbons (Fsp3) is 0.588. The van der Waals surface area contributed by atoms with Gasteiger partial charge in [0, 0.05) is 33.5 Å². The molecular formula is C17H18BrNO3. The Morgan fingerprint density at radius 2 is 2.36 bits per heavy atom. The summed E-state index contributed by atoms with van der Waals surface area (Å²) in [6.07, 6.45) is 3.16. The smallest absolute Gasteiger partial charge is 0.174 e. The van der Waals surface area contributed by atoms with Crippen LogP contribution in [0.5, 0.6) is 5.75 Å². The molecule has 116 valence electrons. The SMILES string of the molecule is O=C1CCC2C3Cc4c(Br)cc(CO)c5c4C2(CCN3)C1O5. The summed E-state index contributed by atoms with van der Waals surface area (Å²) in [7, 11) is 0. The Morgan fingerprint density at radius 1 is 1.50 bits per heavy atom. The molecule has 4 aliphatic rings. The lowest BCUT2D eigenvalue weighted by atomic mass is 9.52. The Labute approximate surface area is 137 Å². The van der Waals surface area contributed by atoms with Crippen LogP contribution in [0.25, 0.3) is 0 Å². The number of carbonyl (C=O) groups is 1. The van der Waals surface area contributed by atoms with E-state index in [1.54, 1.807) is 0 Å². The van der Waals surface area contributed by atoms with Crippen molar-refractivity contribution in [1.82, 2.24) is 5.32 Å². The highest BCUT2D eigenvalue weighted by molar-refractivity contribution is 9.10. The third-order valence-corrected chi connectivity index (χ3v) is 6.97. The van der Waals surface area contributed by atoms with Crippen LogP contribution in [0.1, 0.15) is 36.0 Å². The molecule has 2 heterocycles. The van der Waals surface area contributed by atoms with E-state index in [-0.39, 0.29) is 23.9 Å². The third kappa shape index (κ3) is 1.39. The molecule has 1 aromatic rings. The van der Waals surface area contributed by atoms with Crippen LogP contribution in [-0.2, 0) is 23.2 Å². The number of rotatable bonds is 1. The normalized spacial score (nSPS) is 37.7. The number of aliphatic hydroxyl groups is 1. The second-order valence-electron chi connectivity index (χ2n) is 7.02. The molecule has 5 heteroatoms. The molecule has 4 atom stereocenters. The van der Waals surface area contributed by atoms with Crippen LogP contribution in [0.2, 0.25) is 0 Å². The summed E-state index contributed by atoms with van der Waals surface area (Å²) in [5.41, 5.74) is 3.14. The predicted octanol–water partition coefficient (Wildman–Crippen LogP) is 1.84. The summed E-state index contributed by atoms with van der Waals surface area (Å²) in [5, 5.41) is 13.4. The molecule has 0 amide bonds. The molecule has 2 aliphatic heterocycles. The van der Waals surface area contributed by atoms with Crippen LogP contribution in [0.4, 0.5) is 0 Å². The van der Waals surface area contributed by atoms with Gasteiger partial charge in [-0.15, -0.1) is 0 Å². The van der Waals surface area contributed by atoms with Crippen molar-refractivity contribution < 1.29 is 14.6 Å². The van der Waals surface area contributed by atoms with Crippen molar-refractivity contribution >= 4 is 21.7 Å². The zero-order valence-electron chi connectivity index (χ0n) is 12.2. The predicted molar refractivity (Wildman–Crippen MR) is 84.0 cm³/mol. The van der Waals surface area contributed by atoms with E-state index in [0.29, 0.717) is 18.4 Å². The van der Waals surface area contributed by atoms with E-state index in [0.717, 1.165) is 41.6 Å². The molecule has 4 unspecified atom stereocenters.